The van der Waals surface area contributed by atoms with Gasteiger partial charge in [-0.25, -0.2) is 9.97 Å². The first kappa shape index (κ1) is 21.8. The van der Waals surface area contributed by atoms with Gasteiger partial charge in [-0.2, -0.15) is 0 Å². The number of piperidine rings is 1. The highest BCUT2D eigenvalue weighted by atomic mass is 16.5. The lowest BCUT2D eigenvalue weighted by molar-refractivity contribution is 0.122. The maximum atomic E-state index is 6.44. The number of ether oxygens (including phenoxy) is 2. The fraction of sp³-hybridized carbons (Fsp3) is 0.346. The molecule has 0 radical (unpaired) electrons. The zero-order valence-electron chi connectivity index (χ0n) is 19.4. The smallest absolute Gasteiger partial charge is 0.227 e. The first-order valence-corrected chi connectivity index (χ1v) is 12.1. The molecule has 9 nitrogen and oxygen atoms in total. The standard InChI is InChI=1S/C26H28N6O3/c1-3-21(32-9-11-33-12-10-32)4-2-20(1)30-26-28-15-18-13-23(19-16-29-34-17-19)25(14-24(18)31-26)35-22-5-7-27-8-6-22/h1-4,13-17,22,27H,5-12H2,(H,28,30,31). The Kier molecular flexibility index (Phi) is 6.17. The molecule has 9 heteroatoms. The van der Waals surface area contributed by atoms with Crippen molar-refractivity contribution in [3.8, 4) is 16.9 Å². The van der Waals surface area contributed by atoms with Gasteiger partial charge in [-0.3, -0.25) is 0 Å². The topological polar surface area (TPSA) is 97.6 Å². The van der Waals surface area contributed by atoms with E-state index in [2.05, 4.69) is 49.9 Å². The fourth-order valence-corrected chi connectivity index (χ4v) is 4.58. The number of nitrogens with one attached hydrogen (secondary N) is 2. The molecular weight excluding hydrogens is 444 g/mol. The van der Waals surface area contributed by atoms with Crippen molar-refractivity contribution in [3.05, 3.63) is 55.1 Å². The molecule has 2 fully saturated rings. The van der Waals surface area contributed by atoms with Crippen molar-refractivity contribution in [2.75, 3.05) is 49.6 Å². The normalized spacial score (nSPS) is 17.0. The largest absolute Gasteiger partial charge is 0.490 e. The van der Waals surface area contributed by atoms with Crippen molar-refractivity contribution < 1.29 is 14.0 Å². The van der Waals surface area contributed by atoms with Crippen molar-refractivity contribution >= 4 is 28.2 Å². The number of hydrogen-bond donors (Lipinski definition) is 2. The maximum Gasteiger partial charge on any atom is 0.227 e. The highest BCUT2D eigenvalue weighted by Crippen LogP contribution is 2.35. The Hall–Kier alpha value is -3.69. The molecule has 2 N–H and O–H groups in total. The second-order valence-electron chi connectivity index (χ2n) is 8.85. The van der Waals surface area contributed by atoms with Crippen molar-refractivity contribution in [2.45, 2.75) is 18.9 Å². The minimum Gasteiger partial charge on any atom is -0.490 e. The average molecular weight is 473 g/mol. The molecule has 0 bridgehead atoms. The van der Waals surface area contributed by atoms with Crippen LogP contribution < -0.4 is 20.3 Å². The van der Waals surface area contributed by atoms with Crippen molar-refractivity contribution in [3.63, 3.8) is 0 Å². The zero-order valence-corrected chi connectivity index (χ0v) is 19.4. The summed E-state index contributed by atoms with van der Waals surface area (Å²) >= 11 is 0. The van der Waals surface area contributed by atoms with Gasteiger partial charge >= 0.3 is 0 Å². The lowest BCUT2D eigenvalue weighted by Crippen LogP contribution is -2.36. The van der Waals surface area contributed by atoms with E-state index in [0.29, 0.717) is 5.95 Å². The van der Waals surface area contributed by atoms with Gasteiger partial charge in [-0.15, -0.1) is 0 Å². The minimum absolute atomic E-state index is 0.164. The second kappa shape index (κ2) is 9.89. The maximum absolute atomic E-state index is 6.44. The molecule has 0 atom stereocenters. The van der Waals surface area contributed by atoms with Gasteiger partial charge in [0.1, 0.15) is 18.1 Å². The third-order valence-electron chi connectivity index (χ3n) is 6.50. The van der Waals surface area contributed by atoms with E-state index in [1.807, 2.05) is 18.3 Å². The Balaban J connectivity index is 1.26. The summed E-state index contributed by atoms with van der Waals surface area (Å²) < 4.78 is 17.0. The Morgan fingerprint density at radius 2 is 1.86 bits per heavy atom. The first-order chi connectivity index (χ1) is 17.3. The third kappa shape index (κ3) is 4.91. The van der Waals surface area contributed by atoms with E-state index in [1.54, 1.807) is 12.5 Å². The summed E-state index contributed by atoms with van der Waals surface area (Å²) in [5.41, 5.74) is 4.75. The minimum atomic E-state index is 0.164. The molecule has 2 aromatic carbocycles. The Morgan fingerprint density at radius 3 is 2.63 bits per heavy atom. The van der Waals surface area contributed by atoms with Crippen LogP contribution in [0.25, 0.3) is 22.0 Å². The molecule has 180 valence electrons. The van der Waals surface area contributed by atoms with Crippen molar-refractivity contribution in [1.29, 1.82) is 0 Å². The molecule has 4 heterocycles. The fourth-order valence-electron chi connectivity index (χ4n) is 4.58. The number of aromatic nitrogens is 3. The SMILES string of the molecule is c1cc(N2CCOCC2)ccc1Nc1ncc2cc(-c3cnoc3)c(OC3CCNCC3)cc2n1. The molecule has 2 aliphatic heterocycles. The highest BCUT2D eigenvalue weighted by molar-refractivity contribution is 5.88. The number of hydrogen-bond acceptors (Lipinski definition) is 9. The summed E-state index contributed by atoms with van der Waals surface area (Å²) in [6.45, 7) is 5.29. The van der Waals surface area contributed by atoms with Crippen molar-refractivity contribution in [1.82, 2.24) is 20.4 Å². The summed E-state index contributed by atoms with van der Waals surface area (Å²) in [5.74, 6) is 1.33. The van der Waals surface area contributed by atoms with Crippen LogP contribution in [-0.4, -0.2) is 60.6 Å². The molecule has 2 aliphatic rings. The summed E-state index contributed by atoms with van der Waals surface area (Å²) in [4.78, 5) is 11.7. The predicted octanol–water partition coefficient (Wildman–Crippen LogP) is 4.00. The van der Waals surface area contributed by atoms with Gasteiger partial charge < -0.3 is 29.5 Å². The summed E-state index contributed by atoms with van der Waals surface area (Å²) in [6.07, 6.45) is 7.27. The molecular formula is C26H28N6O3. The van der Waals surface area contributed by atoms with Gasteiger partial charge in [0, 0.05) is 53.2 Å². The Bertz CT molecular complexity index is 1270. The van der Waals surface area contributed by atoms with Crippen LogP contribution in [0.5, 0.6) is 5.75 Å². The lowest BCUT2D eigenvalue weighted by Gasteiger charge is -2.28. The Morgan fingerprint density at radius 1 is 1.03 bits per heavy atom. The molecule has 0 aliphatic carbocycles. The number of morpholine rings is 1. The van der Waals surface area contributed by atoms with Crippen LogP contribution >= 0.6 is 0 Å². The quantitative estimate of drug-likeness (QED) is 0.432. The molecule has 0 saturated carbocycles. The second-order valence-corrected chi connectivity index (χ2v) is 8.85. The lowest BCUT2D eigenvalue weighted by atomic mass is 10.0. The van der Waals surface area contributed by atoms with Gasteiger partial charge in [-0.1, -0.05) is 5.16 Å². The van der Waals surface area contributed by atoms with Crippen LogP contribution in [-0.2, 0) is 4.74 Å². The average Bonchev–Trinajstić information content (AvgIpc) is 3.45. The van der Waals surface area contributed by atoms with Gasteiger partial charge in [0.05, 0.1) is 24.9 Å². The van der Waals surface area contributed by atoms with Gasteiger partial charge in [0.25, 0.3) is 0 Å². The number of fused-ring (bicyclic) bond motifs is 1. The number of anilines is 3. The number of rotatable bonds is 6. The molecule has 0 spiro atoms. The van der Waals surface area contributed by atoms with E-state index in [4.69, 9.17) is 19.0 Å². The summed E-state index contributed by atoms with van der Waals surface area (Å²) in [7, 11) is 0. The van der Waals surface area contributed by atoms with Crippen LogP contribution in [0.2, 0.25) is 0 Å². The third-order valence-corrected chi connectivity index (χ3v) is 6.50. The Labute approximate surface area is 203 Å². The molecule has 35 heavy (non-hydrogen) atoms. The van der Waals surface area contributed by atoms with Gasteiger partial charge in [-0.05, 0) is 56.3 Å². The summed E-state index contributed by atoms with van der Waals surface area (Å²) in [5, 5.41) is 11.5. The van der Waals surface area contributed by atoms with E-state index < -0.39 is 0 Å². The van der Waals surface area contributed by atoms with E-state index in [-0.39, 0.29) is 6.10 Å². The van der Waals surface area contributed by atoms with Crippen LogP contribution in [0.1, 0.15) is 12.8 Å². The van der Waals surface area contributed by atoms with E-state index >= 15 is 0 Å². The zero-order chi connectivity index (χ0) is 23.5. The molecule has 0 amide bonds. The molecule has 6 rings (SSSR count). The van der Waals surface area contributed by atoms with Crippen molar-refractivity contribution in [2.24, 2.45) is 0 Å². The summed E-state index contributed by atoms with van der Waals surface area (Å²) in [6, 6.07) is 12.4. The highest BCUT2D eigenvalue weighted by Gasteiger charge is 2.19. The number of nitrogens with zero attached hydrogens (tertiary/aromatic N) is 4. The molecule has 4 aromatic rings. The molecule has 2 aromatic heterocycles. The van der Waals surface area contributed by atoms with E-state index in [1.165, 1.54) is 5.69 Å². The van der Waals surface area contributed by atoms with E-state index in [9.17, 15) is 0 Å². The predicted molar refractivity (Wildman–Crippen MR) is 134 cm³/mol. The van der Waals surface area contributed by atoms with Crippen LogP contribution in [0, 0.1) is 0 Å². The first-order valence-electron chi connectivity index (χ1n) is 12.1. The van der Waals surface area contributed by atoms with Gasteiger partial charge in [0.2, 0.25) is 5.95 Å². The van der Waals surface area contributed by atoms with Gasteiger partial charge in [0.15, 0.2) is 0 Å². The molecule has 0 unspecified atom stereocenters. The molecule has 2 saturated heterocycles. The van der Waals surface area contributed by atoms with Crippen LogP contribution in [0.15, 0.2) is 59.6 Å². The van der Waals surface area contributed by atoms with Crippen LogP contribution in [0.4, 0.5) is 17.3 Å². The van der Waals surface area contributed by atoms with Crippen LogP contribution in [0.3, 0.4) is 0 Å². The number of benzene rings is 2. The monoisotopic (exact) mass is 472 g/mol. The van der Waals surface area contributed by atoms with E-state index in [0.717, 1.165) is 85.7 Å².